The maximum atomic E-state index is 11.8. The molecule has 0 bridgehead atoms. The van der Waals surface area contributed by atoms with E-state index in [2.05, 4.69) is 11.6 Å². The first-order valence-corrected chi connectivity index (χ1v) is 7.25. The van der Waals surface area contributed by atoms with Crippen LogP contribution in [0.4, 0.5) is 11.4 Å². The zero-order valence-electron chi connectivity index (χ0n) is 11.2. The number of nitrogens with zero attached hydrogens (tertiary/aromatic N) is 1. The third kappa shape index (κ3) is 4.98. The van der Waals surface area contributed by atoms with E-state index >= 15 is 0 Å². The molecular formula is C13H21N3OS. The number of thioether (sulfide) groups is 1. The number of carbonyl (C=O) groups is 1. The molecule has 3 N–H and O–H groups in total. The van der Waals surface area contributed by atoms with E-state index in [4.69, 9.17) is 5.73 Å². The molecule has 1 aromatic rings. The van der Waals surface area contributed by atoms with E-state index in [1.54, 1.807) is 17.8 Å². The maximum Gasteiger partial charge on any atom is 0.238 e. The van der Waals surface area contributed by atoms with Gasteiger partial charge in [0.05, 0.1) is 6.54 Å². The molecular weight excluding hydrogens is 246 g/mol. The van der Waals surface area contributed by atoms with Gasteiger partial charge in [-0.05, 0) is 37.9 Å². The lowest BCUT2D eigenvalue weighted by atomic mass is 10.2. The van der Waals surface area contributed by atoms with Crippen LogP contribution in [-0.2, 0) is 4.79 Å². The Balaban J connectivity index is 2.46. The number of aryl methyl sites for hydroxylation is 1. The van der Waals surface area contributed by atoms with Crippen LogP contribution in [0.15, 0.2) is 18.2 Å². The van der Waals surface area contributed by atoms with Gasteiger partial charge in [0.25, 0.3) is 0 Å². The highest BCUT2D eigenvalue weighted by molar-refractivity contribution is 7.98. The summed E-state index contributed by atoms with van der Waals surface area (Å²) in [5.74, 6) is 1.02. The largest absolute Gasteiger partial charge is 0.398 e. The number of nitrogens with two attached hydrogens (primary N) is 1. The van der Waals surface area contributed by atoms with Crippen molar-refractivity contribution in [3.63, 3.8) is 0 Å². The molecule has 0 saturated heterocycles. The Kier molecular flexibility index (Phi) is 6.01. The SMILES string of the molecule is CSCCN(C)CC(=O)Nc1ccc(C)c(N)c1. The van der Waals surface area contributed by atoms with Crippen molar-refractivity contribution < 1.29 is 4.79 Å². The highest BCUT2D eigenvalue weighted by atomic mass is 32.2. The first-order valence-electron chi connectivity index (χ1n) is 5.86. The Labute approximate surface area is 113 Å². The Bertz CT molecular complexity index is 409. The molecule has 0 saturated carbocycles. The molecule has 0 aliphatic rings. The monoisotopic (exact) mass is 267 g/mol. The van der Waals surface area contributed by atoms with E-state index in [1.807, 2.05) is 31.0 Å². The fraction of sp³-hybridized carbons (Fsp3) is 0.462. The highest BCUT2D eigenvalue weighted by Gasteiger charge is 2.07. The van der Waals surface area contributed by atoms with Gasteiger partial charge >= 0.3 is 0 Å². The van der Waals surface area contributed by atoms with Gasteiger partial charge in [-0.3, -0.25) is 9.69 Å². The van der Waals surface area contributed by atoms with Gasteiger partial charge in [0, 0.05) is 23.7 Å². The summed E-state index contributed by atoms with van der Waals surface area (Å²) < 4.78 is 0. The lowest BCUT2D eigenvalue weighted by molar-refractivity contribution is -0.117. The fourth-order valence-corrected chi connectivity index (χ4v) is 1.98. The molecule has 100 valence electrons. The summed E-state index contributed by atoms with van der Waals surface area (Å²) in [5, 5.41) is 2.85. The number of anilines is 2. The van der Waals surface area contributed by atoms with Crippen molar-refractivity contribution in [3.8, 4) is 0 Å². The summed E-state index contributed by atoms with van der Waals surface area (Å²) in [5.41, 5.74) is 8.27. The van der Waals surface area contributed by atoms with Gasteiger partial charge in [0.1, 0.15) is 0 Å². The smallest absolute Gasteiger partial charge is 0.238 e. The van der Waals surface area contributed by atoms with Gasteiger partial charge < -0.3 is 11.1 Å². The summed E-state index contributed by atoms with van der Waals surface area (Å²) in [6.07, 6.45) is 2.06. The highest BCUT2D eigenvalue weighted by Crippen LogP contribution is 2.16. The summed E-state index contributed by atoms with van der Waals surface area (Å²) in [4.78, 5) is 13.8. The van der Waals surface area contributed by atoms with E-state index in [-0.39, 0.29) is 5.91 Å². The minimum atomic E-state index is -0.0122. The second-order valence-electron chi connectivity index (χ2n) is 4.35. The van der Waals surface area contributed by atoms with E-state index < -0.39 is 0 Å². The third-order valence-corrected chi connectivity index (χ3v) is 3.24. The van der Waals surface area contributed by atoms with Gasteiger partial charge in [-0.1, -0.05) is 6.07 Å². The molecule has 1 rings (SSSR count). The van der Waals surface area contributed by atoms with Crippen molar-refractivity contribution in [2.45, 2.75) is 6.92 Å². The first kappa shape index (κ1) is 14.9. The van der Waals surface area contributed by atoms with Gasteiger partial charge in [0.2, 0.25) is 5.91 Å². The molecule has 0 atom stereocenters. The second-order valence-corrected chi connectivity index (χ2v) is 5.34. The van der Waals surface area contributed by atoms with E-state index in [1.165, 1.54) is 0 Å². The summed E-state index contributed by atoms with van der Waals surface area (Å²) >= 11 is 1.77. The normalized spacial score (nSPS) is 10.7. The predicted octanol–water partition coefficient (Wildman–Crippen LogP) is 1.81. The second kappa shape index (κ2) is 7.28. The van der Waals surface area contributed by atoms with Crippen LogP contribution >= 0.6 is 11.8 Å². The molecule has 5 heteroatoms. The van der Waals surface area contributed by atoms with Crippen LogP contribution in [0.2, 0.25) is 0 Å². The van der Waals surface area contributed by atoms with Crippen molar-refractivity contribution in [2.75, 3.05) is 43.2 Å². The molecule has 0 spiro atoms. The quantitative estimate of drug-likeness (QED) is 0.772. The van der Waals surface area contributed by atoms with Crippen molar-refractivity contribution in [3.05, 3.63) is 23.8 Å². The first-order chi connectivity index (χ1) is 8.52. The van der Waals surface area contributed by atoms with Gasteiger partial charge in [-0.25, -0.2) is 0 Å². The van der Waals surface area contributed by atoms with Crippen molar-refractivity contribution in [2.24, 2.45) is 0 Å². The number of benzene rings is 1. The van der Waals surface area contributed by atoms with Gasteiger partial charge in [-0.2, -0.15) is 11.8 Å². The number of hydrogen-bond acceptors (Lipinski definition) is 4. The molecule has 18 heavy (non-hydrogen) atoms. The van der Waals surface area contributed by atoms with Crippen LogP contribution in [0.1, 0.15) is 5.56 Å². The number of likely N-dealkylation sites (N-methyl/N-ethyl adjacent to an activating group) is 1. The number of carbonyl (C=O) groups excluding carboxylic acids is 1. The molecule has 4 nitrogen and oxygen atoms in total. The summed E-state index contributed by atoms with van der Waals surface area (Å²) in [6, 6.07) is 5.56. The molecule has 0 fully saturated rings. The number of rotatable bonds is 6. The zero-order valence-corrected chi connectivity index (χ0v) is 12.0. The minimum Gasteiger partial charge on any atom is -0.398 e. The molecule has 0 aliphatic carbocycles. The number of nitrogen functional groups attached to an aromatic ring is 1. The topological polar surface area (TPSA) is 58.4 Å². The molecule has 0 aromatic heterocycles. The van der Waals surface area contributed by atoms with Crippen LogP contribution in [0, 0.1) is 6.92 Å². The van der Waals surface area contributed by atoms with Crippen LogP contribution < -0.4 is 11.1 Å². The van der Waals surface area contributed by atoms with Gasteiger partial charge in [0.15, 0.2) is 0 Å². The molecule has 1 aromatic carbocycles. The summed E-state index contributed by atoms with van der Waals surface area (Å²) in [6.45, 7) is 3.25. The molecule has 0 radical (unpaired) electrons. The zero-order chi connectivity index (χ0) is 13.5. The Morgan fingerprint density at radius 1 is 1.50 bits per heavy atom. The number of hydrogen-bond donors (Lipinski definition) is 2. The number of amides is 1. The van der Waals surface area contributed by atoms with Crippen molar-refractivity contribution >= 4 is 29.0 Å². The molecule has 0 heterocycles. The Morgan fingerprint density at radius 3 is 2.83 bits per heavy atom. The van der Waals surface area contributed by atoms with Crippen LogP contribution in [0.25, 0.3) is 0 Å². The maximum absolute atomic E-state index is 11.8. The van der Waals surface area contributed by atoms with Crippen LogP contribution in [0.5, 0.6) is 0 Å². The number of nitrogens with one attached hydrogen (secondary N) is 1. The van der Waals surface area contributed by atoms with Gasteiger partial charge in [-0.15, -0.1) is 0 Å². The van der Waals surface area contributed by atoms with Crippen molar-refractivity contribution in [1.29, 1.82) is 0 Å². The van der Waals surface area contributed by atoms with Crippen LogP contribution in [0.3, 0.4) is 0 Å². The fourth-order valence-electron chi connectivity index (χ4n) is 1.49. The van der Waals surface area contributed by atoms with Crippen molar-refractivity contribution in [1.82, 2.24) is 4.90 Å². The van der Waals surface area contributed by atoms with Crippen LogP contribution in [-0.4, -0.2) is 43.0 Å². The minimum absolute atomic E-state index is 0.0122. The standard InChI is InChI=1S/C13H21N3OS/c1-10-4-5-11(8-12(10)14)15-13(17)9-16(2)6-7-18-3/h4-5,8H,6-7,9,14H2,1-3H3,(H,15,17). The van der Waals surface area contributed by atoms with E-state index in [0.29, 0.717) is 12.2 Å². The Morgan fingerprint density at radius 2 is 2.22 bits per heavy atom. The lowest BCUT2D eigenvalue weighted by Gasteiger charge is -2.15. The lowest BCUT2D eigenvalue weighted by Crippen LogP contribution is -2.31. The van der Waals surface area contributed by atoms with E-state index in [9.17, 15) is 4.79 Å². The summed E-state index contributed by atoms with van der Waals surface area (Å²) in [7, 11) is 1.94. The molecule has 1 amide bonds. The third-order valence-electron chi connectivity index (χ3n) is 2.65. The average molecular weight is 267 g/mol. The Hall–Kier alpha value is -1.20. The van der Waals surface area contributed by atoms with E-state index in [0.717, 1.165) is 23.5 Å². The average Bonchev–Trinajstić information content (AvgIpc) is 2.31. The molecule has 0 aliphatic heterocycles. The molecule has 0 unspecified atom stereocenters. The predicted molar refractivity (Wildman–Crippen MR) is 80.1 cm³/mol.